The molecule has 4 heteroatoms. The number of aromatic carboxylic acids is 1. The Balaban J connectivity index is 0.000000500. The molecular weight excluding hydrogens is 182 g/mol. The van der Waals surface area contributed by atoms with Gasteiger partial charge in [0.15, 0.2) is 0 Å². The maximum atomic E-state index is 10.4. The van der Waals surface area contributed by atoms with Gasteiger partial charge in [0, 0.05) is 6.61 Å². The molecule has 0 saturated heterocycles. The van der Waals surface area contributed by atoms with E-state index in [1.54, 1.807) is 25.1 Å². The van der Waals surface area contributed by atoms with Crippen molar-refractivity contribution in [3.8, 4) is 6.07 Å². The van der Waals surface area contributed by atoms with Crippen molar-refractivity contribution in [3.63, 3.8) is 0 Å². The predicted octanol–water partition coefficient (Wildman–Crippen LogP) is 1.26. The molecule has 0 aliphatic rings. The third-order valence-corrected chi connectivity index (χ3v) is 1.28. The van der Waals surface area contributed by atoms with E-state index >= 15 is 0 Å². The topological polar surface area (TPSA) is 81.3 Å². The Hall–Kier alpha value is -1.86. The molecular formula is C10H11NO3. The molecule has 4 nitrogen and oxygen atoms in total. The Bertz CT molecular complexity index is 341. The molecule has 74 valence electrons. The SMILES string of the molecule is CCO.N#Cc1ccccc1C(=O)O. The number of aliphatic hydroxyl groups is 1. The fourth-order valence-electron chi connectivity index (χ4n) is 0.767. The van der Waals surface area contributed by atoms with Crippen LogP contribution in [0.3, 0.4) is 0 Å². The largest absolute Gasteiger partial charge is 0.478 e. The zero-order valence-corrected chi connectivity index (χ0v) is 7.77. The first kappa shape index (κ1) is 12.1. The zero-order chi connectivity index (χ0) is 11.0. The highest BCUT2D eigenvalue weighted by Gasteiger charge is 2.06. The summed E-state index contributed by atoms with van der Waals surface area (Å²) >= 11 is 0. The molecule has 0 radical (unpaired) electrons. The second kappa shape index (κ2) is 6.63. The number of nitrogens with zero attached hydrogens (tertiary/aromatic N) is 1. The number of carboxylic acid groups (broad SMARTS) is 1. The summed E-state index contributed by atoms with van der Waals surface area (Å²) in [6.45, 7) is 1.93. The Kier molecular flexibility index (Phi) is 5.75. The monoisotopic (exact) mass is 193 g/mol. The molecule has 14 heavy (non-hydrogen) atoms. The molecule has 0 aliphatic carbocycles. The maximum absolute atomic E-state index is 10.4. The van der Waals surface area contributed by atoms with Crippen LogP contribution in [0.1, 0.15) is 22.8 Å². The fraction of sp³-hybridized carbons (Fsp3) is 0.200. The van der Waals surface area contributed by atoms with Gasteiger partial charge in [-0.15, -0.1) is 0 Å². The number of nitriles is 1. The van der Waals surface area contributed by atoms with Crippen molar-refractivity contribution in [3.05, 3.63) is 35.4 Å². The van der Waals surface area contributed by atoms with Crippen LogP contribution in [-0.2, 0) is 0 Å². The van der Waals surface area contributed by atoms with E-state index in [1.165, 1.54) is 12.1 Å². The Morgan fingerprint density at radius 2 is 2.00 bits per heavy atom. The van der Waals surface area contributed by atoms with E-state index < -0.39 is 5.97 Å². The maximum Gasteiger partial charge on any atom is 0.337 e. The van der Waals surface area contributed by atoms with Gasteiger partial charge < -0.3 is 10.2 Å². The van der Waals surface area contributed by atoms with Crippen molar-refractivity contribution < 1.29 is 15.0 Å². The second-order valence-corrected chi connectivity index (χ2v) is 2.28. The quantitative estimate of drug-likeness (QED) is 0.703. The minimum absolute atomic E-state index is 0.0509. The van der Waals surface area contributed by atoms with Crippen molar-refractivity contribution in [2.24, 2.45) is 0 Å². The normalized spacial score (nSPS) is 8.07. The molecule has 0 atom stereocenters. The number of hydrogen-bond donors (Lipinski definition) is 2. The van der Waals surface area contributed by atoms with Crippen molar-refractivity contribution in [1.82, 2.24) is 0 Å². The number of carbonyl (C=O) groups is 1. The fourth-order valence-corrected chi connectivity index (χ4v) is 0.767. The van der Waals surface area contributed by atoms with Gasteiger partial charge in [0.25, 0.3) is 0 Å². The molecule has 1 rings (SSSR count). The molecule has 0 heterocycles. The van der Waals surface area contributed by atoms with Crippen LogP contribution in [0.4, 0.5) is 0 Å². The molecule has 0 aliphatic heterocycles. The molecule has 0 bridgehead atoms. The lowest BCUT2D eigenvalue weighted by molar-refractivity contribution is 0.0696. The molecule has 0 spiro atoms. The third-order valence-electron chi connectivity index (χ3n) is 1.28. The van der Waals surface area contributed by atoms with Crippen LogP contribution in [0.15, 0.2) is 24.3 Å². The summed E-state index contributed by atoms with van der Waals surface area (Å²) in [5.74, 6) is -1.07. The van der Waals surface area contributed by atoms with Gasteiger partial charge in [0.05, 0.1) is 11.1 Å². The molecule has 0 amide bonds. The van der Waals surface area contributed by atoms with Gasteiger partial charge in [-0.25, -0.2) is 4.79 Å². The standard InChI is InChI=1S/C8H5NO2.C2H6O/c9-5-6-3-1-2-4-7(6)8(10)11;1-2-3/h1-4H,(H,10,11);3H,2H2,1H3. The van der Waals surface area contributed by atoms with Crippen LogP contribution in [0.2, 0.25) is 0 Å². The first-order valence-corrected chi connectivity index (χ1v) is 4.00. The minimum atomic E-state index is -1.07. The summed E-state index contributed by atoms with van der Waals surface area (Å²) in [6, 6.07) is 7.89. The van der Waals surface area contributed by atoms with Crippen molar-refractivity contribution >= 4 is 5.97 Å². The number of hydrogen-bond acceptors (Lipinski definition) is 3. The smallest absolute Gasteiger partial charge is 0.337 e. The van der Waals surface area contributed by atoms with E-state index in [2.05, 4.69) is 0 Å². The van der Waals surface area contributed by atoms with Crippen LogP contribution >= 0.6 is 0 Å². The zero-order valence-electron chi connectivity index (χ0n) is 7.77. The van der Waals surface area contributed by atoms with E-state index in [-0.39, 0.29) is 17.7 Å². The summed E-state index contributed by atoms with van der Waals surface area (Å²) in [5.41, 5.74) is 0.245. The second-order valence-electron chi connectivity index (χ2n) is 2.28. The highest BCUT2D eigenvalue weighted by Crippen LogP contribution is 2.05. The summed E-state index contributed by atoms with van der Waals surface area (Å²) in [5, 5.41) is 24.6. The van der Waals surface area contributed by atoms with Gasteiger partial charge in [-0.2, -0.15) is 5.26 Å². The number of benzene rings is 1. The van der Waals surface area contributed by atoms with Crippen LogP contribution in [-0.4, -0.2) is 22.8 Å². The average Bonchev–Trinajstić information content (AvgIpc) is 2.19. The van der Waals surface area contributed by atoms with Crippen LogP contribution in [0.5, 0.6) is 0 Å². The Morgan fingerprint density at radius 1 is 1.50 bits per heavy atom. The van der Waals surface area contributed by atoms with Gasteiger partial charge in [-0.3, -0.25) is 0 Å². The molecule has 0 saturated carbocycles. The lowest BCUT2D eigenvalue weighted by Crippen LogP contribution is -1.98. The van der Waals surface area contributed by atoms with E-state index in [9.17, 15) is 4.79 Å². The van der Waals surface area contributed by atoms with E-state index in [0.717, 1.165) is 0 Å². The van der Waals surface area contributed by atoms with Crippen molar-refractivity contribution in [2.75, 3.05) is 6.61 Å². The molecule has 0 fully saturated rings. The summed E-state index contributed by atoms with van der Waals surface area (Å²) < 4.78 is 0. The molecule has 0 aromatic heterocycles. The average molecular weight is 193 g/mol. The Morgan fingerprint density at radius 3 is 2.36 bits per heavy atom. The Labute approximate surface area is 82.0 Å². The molecule has 0 unspecified atom stereocenters. The highest BCUT2D eigenvalue weighted by atomic mass is 16.4. The van der Waals surface area contributed by atoms with Gasteiger partial charge >= 0.3 is 5.97 Å². The lowest BCUT2D eigenvalue weighted by Gasteiger charge is -1.94. The molecule has 1 aromatic rings. The van der Waals surface area contributed by atoms with Gasteiger partial charge in [0.2, 0.25) is 0 Å². The van der Waals surface area contributed by atoms with E-state index in [4.69, 9.17) is 15.5 Å². The highest BCUT2D eigenvalue weighted by molar-refractivity contribution is 5.90. The summed E-state index contributed by atoms with van der Waals surface area (Å²) in [7, 11) is 0. The van der Waals surface area contributed by atoms with Gasteiger partial charge in [0.1, 0.15) is 6.07 Å². The first-order chi connectivity index (χ1) is 6.67. The van der Waals surface area contributed by atoms with Crippen molar-refractivity contribution in [1.29, 1.82) is 5.26 Å². The first-order valence-electron chi connectivity index (χ1n) is 4.00. The number of rotatable bonds is 1. The van der Waals surface area contributed by atoms with Gasteiger partial charge in [-0.05, 0) is 19.1 Å². The summed E-state index contributed by atoms with van der Waals surface area (Å²) in [4.78, 5) is 10.4. The molecule has 1 aromatic carbocycles. The number of aliphatic hydroxyl groups excluding tert-OH is 1. The van der Waals surface area contributed by atoms with Crippen LogP contribution < -0.4 is 0 Å². The van der Waals surface area contributed by atoms with Crippen LogP contribution in [0.25, 0.3) is 0 Å². The van der Waals surface area contributed by atoms with Gasteiger partial charge in [-0.1, -0.05) is 12.1 Å². The van der Waals surface area contributed by atoms with E-state index in [1.807, 2.05) is 0 Å². The lowest BCUT2D eigenvalue weighted by atomic mass is 10.1. The van der Waals surface area contributed by atoms with Crippen LogP contribution in [0, 0.1) is 11.3 Å². The number of carboxylic acids is 1. The van der Waals surface area contributed by atoms with E-state index in [0.29, 0.717) is 0 Å². The molecule has 2 N–H and O–H groups in total. The predicted molar refractivity (Wildman–Crippen MR) is 50.9 cm³/mol. The third kappa shape index (κ3) is 3.70. The van der Waals surface area contributed by atoms with Crippen molar-refractivity contribution in [2.45, 2.75) is 6.92 Å². The minimum Gasteiger partial charge on any atom is -0.478 e. The summed E-state index contributed by atoms with van der Waals surface area (Å²) in [6.07, 6.45) is 0.